The molecule has 2 aromatic rings. The van der Waals surface area contributed by atoms with E-state index in [2.05, 4.69) is 17.0 Å². The van der Waals surface area contributed by atoms with Crippen molar-refractivity contribution in [1.82, 2.24) is 4.57 Å². The van der Waals surface area contributed by atoms with Gasteiger partial charge in [-0.3, -0.25) is 0 Å². The molecular formula is C19H26N2O2. The van der Waals surface area contributed by atoms with Crippen molar-refractivity contribution in [2.45, 2.75) is 52.6 Å². The smallest absolute Gasteiger partial charge is 0.419 e. The number of benzene rings is 1. The minimum absolute atomic E-state index is 0.305. The Labute approximate surface area is 138 Å². The van der Waals surface area contributed by atoms with Crippen molar-refractivity contribution < 1.29 is 9.53 Å². The van der Waals surface area contributed by atoms with Crippen LogP contribution in [0.25, 0.3) is 10.9 Å². The first-order valence-corrected chi connectivity index (χ1v) is 8.46. The first-order valence-electron chi connectivity index (χ1n) is 8.46. The maximum atomic E-state index is 12.6. The molecule has 4 heteroatoms. The summed E-state index contributed by atoms with van der Waals surface area (Å²) in [5.74, 6) is 0. The first-order chi connectivity index (χ1) is 10.9. The number of fused-ring (bicyclic) bond motifs is 1. The van der Waals surface area contributed by atoms with E-state index in [4.69, 9.17) is 4.74 Å². The summed E-state index contributed by atoms with van der Waals surface area (Å²) in [4.78, 5) is 15.0. The summed E-state index contributed by atoms with van der Waals surface area (Å²) in [6, 6.07) is 8.29. The Morgan fingerprint density at radius 1 is 1.13 bits per heavy atom. The van der Waals surface area contributed by atoms with Crippen molar-refractivity contribution in [1.29, 1.82) is 0 Å². The van der Waals surface area contributed by atoms with Crippen LogP contribution < -0.4 is 4.90 Å². The zero-order chi connectivity index (χ0) is 16.6. The fraction of sp³-hybridized carbons (Fsp3) is 0.526. The molecule has 3 rings (SSSR count). The molecular weight excluding hydrogens is 288 g/mol. The molecule has 1 saturated heterocycles. The summed E-state index contributed by atoms with van der Waals surface area (Å²) in [6.45, 7) is 9.83. The number of hydrogen-bond acceptors (Lipinski definition) is 3. The normalized spacial score (nSPS) is 15.9. The van der Waals surface area contributed by atoms with Crippen molar-refractivity contribution in [3.05, 3.63) is 30.0 Å². The summed E-state index contributed by atoms with van der Waals surface area (Å²) in [5.41, 5.74) is 2.58. The third-order valence-corrected chi connectivity index (χ3v) is 4.28. The van der Waals surface area contributed by atoms with Gasteiger partial charge < -0.3 is 9.64 Å². The average molecular weight is 314 g/mol. The van der Waals surface area contributed by atoms with Gasteiger partial charge in [-0.1, -0.05) is 6.07 Å². The van der Waals surface area contributed by atoms with E-state index in [1.54, 1.807) is 4.57 Å². The second-order valence-corrected chi connectivity index (χ2v) is 7.36. The number of aromatic nitrogens is 1. The number of carbonyl (C=O) groups is 1. The molecule has 1 fully saturated rings. The van der Waals surface area contributed by atoms with E-state index in [0.29, 0.717) is 0 Å². The zero-order valence-electron chi connectivity index (χ0n) is 14.6. The van der Waals surface area contributed by atoms with Crippen LogP contribution in [-0.4, -0.2) is 29.4 Å². The Morgan fingerprint density at radius 3 is 2.48 bits per heavy atom. The SMILES string of the molecule is Cc1cc2c(N3CCCCC3)cccc2n1C(=O)OC(C)(C)C. The van der Waals surface area contributed by atoms with Gasteiger partial charge in [0.15, 0.2) is 0 Å². The van der Waals surface area contributed by atoms with Gasteiger partial charge in [-0.15, -0.1) is 0 Å². The quantitative estimate of drug-likeness (QED) is 0.763. The van der Waals surface area contributed by atoms with Crippen molar-refractivity contribution in [3.8, 4) is 0 Å². The molecule has 0 radical (unpaired) electrons. The van der Waals surface area contributed by atoms with Crippen LogP contribution in [0, 0.1) is 6.92 Å². The Hall–Kier alpha value is -1.97. The number of rotatable bonds is 1. The molecule has 23 heavy (non-hydrogen) atoms. The summed E-state index contributed by atoms with van der Waals surface area (Å²) < 4.78 is 7.26. The largest absolute Gasteiger partial charge is 0.443 e. The highest BCUT2D eigenvalue weighted by Crippen LogP contribution is 2.32. The lowest BCUT2D eigenvalue weighted by Crippen LogP contribution is -2.29. The second-order valence-electron chi connectivity index (χ2n) is 7.36. The Kier molecular flexibility index (Phi) is 4.09. The van der Waals surface area contributed by atoms with Gasteiger partial charge in [-0.2, -0.15) is 0 Å². The van der Waals surface area contributed by atoms with Gasteiger partial charge in [0.25, 0.3) is 0 Å². The number of aryl methyl sites for hydroxylation is 1. The summed E-state index contributed by atoms with van der Waals surface area (Å²) in [6.07, 6.45) is 3.48. The van der Waals surface area contributed by atoms with E-state index < -0.39 is 5.60 Å². The van der Waals surface area contributed by atoms with Gasteiger partial charge >= 0.3 is 6.09 Å². The maximum absolute atomic E-state index is 12.6. The molecule has 0 unspecified atom stereocenters. The zero-order valence-corrected chi connectivity index (χ0v) is 14.6. The molecule has 1 aromatic heterocycles. The van der Waals surface area contributed by atoms with E-state index in [1.807, 2.05) is 39.8 Å². The van der Waals surface area contributed by atoms with Gasteiger partial charge in [0.2, 0.25) is 0 Å². The number of anilines is 1. The van der Waals surface area contributed by atoms with E-state index in [-0.39, 0.29) is 6.09 Å². The van der Waals surface area contributed by atoms with Crippen LogP contribution in [0.3, 0.4) is 0 Å². The molecule has 0 N–H and O–H groups in total. The topological polar surface area (TPSA) is 34.5 Å². The lowest BCUT2D eigenvalue weighted by atomic mass is 10.1. The lowest BCUT2D eigenvalue weighted by molar-refractivity contribution is 0.0542. The highest BCUT2D eigenvalue weighted by Gasteiger charge is 2.22. The van der Waals surface area contributed by atoms with E-state index >= 15 is 0 Å². The molecule has 0 amide bonds. The predicted molar refractivity (Wildman–Crippen MR) is 94.4 cm³/mol. The summed E-state index contributed by atoms with van der Waals surface area (Å²) in [5, 5.41) is 1.14. The Morgan fingerprint density at radius 2 is 1.83 bits per heavy atom. The highest BCUT2D eigenvalue weighted by atomic mass is 16.6. The highest BCUT2D eigenvalue weighted by molar-refractivity contribution is 5.98. The third kappa shape index (κ3) is 3.21. The molecule has 0 aliphatic carbocycles. The number of hydrogen-bond donors (Lipinski definition) is 0. The number of piperidine rings is 1. The molecule has 0 atom stereocenters. The summed E-state index contributed by atoms with van der Waals surface area (Å²) >= 11 is 0. The molecule has 4 nitrogen and oxygen atoms in total. The Balaban J connectivity index is 2.04. The van der Waals surface area contributed by atoms with Crippen LogP contribution in [0.1, 0.15) is 45.7 Å². The van der Waals surface area contributed by atoms with Gasteiger partial charge in [0, 0.05) is 29.9 Å². The second kappa shape index (κ2) is 5.91. The molecule has 0 saturated carbocycles. The fourth-order valence-electron chi connectivity index (χ4n) is 3.31. The molecule has 1 aliphatic heterocycles. The van der Waals surface area contributed by atoms with Gasteiger partial charge in [0.05, 0.1) is 5.52 Å². The Bertz CT molecular complexity index is 719. The van der Waals surface area contributed by atoms with Crippen molar-refractivity contribution in [3.63, 3.8) is 0 Å². The van der Waals surface area contributed by atoms with Gasteiger partial charge in [-0.25, -0.2) is 9.36 Å². The van der Waals surface area contributed by atoms with Crippen LogP contribution >= 0.6 is 0 Å². The lowest BCUT2D eigenvalue weighted by Gasteiger charge is -2.29. The van der Waals surface area contributed by atoms with Gasteiger partial charge in [0.1, 0.15) is 5.60 Å². The summed E-state index contributed by atoms with van der Waals surface area (Å²) in [7, 11) is 0. The van der Waals surface area contributed by atoms with Crippen LogP contribution in [0.4, 0.5) is 10.5 Å². The standard InChI is InChI=1S/C19H26N2O2/c1-14-13-15-16(20-11-6-5-7-12-20)9-8-10-17(15)21(14)18(22)23-19(2,3)4/h8-10,13H,5-7,11-12H2,1-4H3. The third-order valence-electron chi connectivity index (χ3n) is 4.28. The number of nitrogens with zero attached hydrogens (tertiary/aromatic N) is 2. The molecule has 0 spiro atoms. The van der Waals surface area contributed by atoms with Crippen molar-refractivity contribution >= 4 is 22.7 Å². The minimum Gasteiger partial charge on any atom is -0.443 e. The average Bonchev–Trinajstić information content (AvgIpc) is 2.82. The van der Waals surface area contributed by atoms with E-state index in [9.17, 15) is 4.79 Å². The number of ether oxygens (including phenoxy) is 1. The predicted octanol–water partition coefficient (Wildman–Crippen LogP) is 4.72. The minimum atomic E-state index is -0.495. The van der Waals surface area contributed by atoms with Crippen LogP contribution in [0.5, 0.6) is 0 Å². The van der Waals surface area contributed by atoms with E-state index in [1.165, 1.54) is 24.9 Å². The fourth-order valence-corrected chi connectivity index (χ4v) is 3.31. The van der Waals surface area contributed by atoms with Gasteiger partial charge in [-0.05, 0) is 65.2 Å². The molecule has 0 bridgehead atoms. The van der Waals surface area contributed by atoms with Crippen LogP contribution in [0.2, 0.25) is 0 Å². The first kappa shape index (κ1) is 15.9. The van der Waals surface area contributed by atoms with Crippen molar-refractivity contribution in [2.24, 2.45) is 0 Å². The van der Waals surface area contributed by atoms with Crippen LogP contribution in [-0.2, 0) is 4.74 Å². The van der Waals surface area contributed by atoms with Crippen molar-refractivity contribution in [2.75, 3.05) is 18.0 Å². The monoisotopic (exact) mass is 314 g/mol. The molecule has 1 aliphatic rings. The molecule has 2 heterocycles. The van der Waals surface area contributed by atoms with Crippen LogP contribution in [0.15, 0.2) is 24.3 Å². The molecule has 124 valence electrons. The number of carbonyl (C=O) groups excluding carboxylic acids is 1. The molecule has 1 aromatic carbocycles. The maximum Gasteiger partial charge on any atom is 0.419 e. The van der Waals surface area contributed by atoms with E-state index in [0.717, 1.165) is 29.7 Å².